The average molecular weight is 459 g/mol. The van der Waals surface area contributed by atoms with Crippen molar-refractivity contribution in [2.45, 2.75) is 74.9 Å². The first-order chi connectivity index (χ1) is 15.5. The van der Waals surface area contributed by atoms with Crippen molar-refractivity contribution in [3.63, 3.8) is 0 Å². The standard InChI is InChI=1S/C27H35ClO4/c1-32-26(31)12-8-3-2-7-11-22-23(28)18-25(30)27(22)21-15-13-20(14-16-21)24(29)17-19-9-5-4-6-10-19/h4-6,9-10,13-16,22-25,27,29-30H,2-3,7-8,11-12,17-18H2,1H3. The van der Waals surface area contributed by atoms with Gasteiger partial charge >= 0.3 is 5.97 Å². The van der Waals surface area contributed by atoms with Crippen LogP contribution in [0, 0.1) is 5.92 Å². The number of rotatable bonds is 11. The molecule has 5 unspecified atom stereocenters. The molecule has 1 aliphatic carbocycles. The van der Waals surface area contributed by atoms with Gasteiger partial charge in [-0.25, -0.2) is 0 Å². The molecule has 1 aliphatic rings. The van der Waals surface area contributed by atoms with Crippen molar-refractivity contribution in [2.24, 2.45) is 5.92 Å². The summed E-state index contributed by atoms with van der Waals surface area (Å²) in [5.41, 5.74) is 3.08. The van der Waals surface area contributed by atoms with Crippen LogP contribution in [-0.4, -0.2) is 34.8 Å². The van der Waals surface area contributed by atoms with Gasteiger partial charge in [0.25, 0.3) is 0 Å². The van der Waals surface area contributed by atoms with Crippen LogP contribution in [0.2, 0.25) is 0 Å². The topological polar surface area (TPSA) is 66.8 Å². The van der Waals surface area contributed by atoms with Crippen LogP contribution in [-0.2, 0) is 16.0 Å². The number of halogens is 1. The summed E-state index contributed by atoms with van der Waals surface area (Å²) in [5.74, 6) is 0.0994. The zero-order chi connectivity index (χ0) is 22.9. The monoisotopic (exact) mass is 458 g/mol. The van der Waals surface area contributed by atoms with Gasteiger partial charge in [0.05, 0.1) is 19.3 Å². The molecule has 2 aromatic rings. The maximum Gasteiger partial charge on any atom is 0.305 e. The Hall–Kier alpha value is -1.88. The quantitative estimate of drug-likeness (QED) is 0.263. The van der Waals surface area contributed by atoms with Gasteiger partial charge in [-0.3, -0.25) is 4.79 Å². The minimum atomic E-state index is -0.554. The predicted octanol–water partition coefficient (Wildman–Crippen LogP) is 5.55. The van der Waals surface area contributed by atoms with Crippen molar-refractivity contribution in [1.82, 2.24) is 0 Å². The Kier molecular flexibility index (Phi) is 9.58. The van der Waals surface area contributed by atoms with Gasteiger partial charge in [-0.1, -0.05) is 73.9 Å². The fourth-order valence-corrected chi connectivity index (χ4v) is 5.36. The number of methoxy groups -OCH3 is 1. The molecule has 0 bridgehead atoms. The molecule has 0 aliphatic heterocycles. The van der Waals surface area contributed by atoms with Gasteiger partial charge in [-0.2, -0.15) is 0 Å². The lowest BCUT2D eigenvalue weighted by Gasteiger charge is -2.24. The molecular weight excluding hydrogens is 424 g/mol. The number of carbonyl (C=O) groups is 1. The number of hydrogen-bond donors (Lipinski definition) is 2. The van der Waals surface area contributed by atoms with Crippen molar-refractivity contribution in [1.29, 1.82) is 0 Å². The van der Waals surface area contributed by atoms with Crippen molar-refractivity contribution >= 4 is 17.6 Å². The molecule has 5 atom stereocenters. The van der Waals surface area contributed by atoms with Crippen LogP contribution in [0.1, 0.15) is 73.7 Å². The number of benzene rings is 2. The summed E-state index contributed by atoms with van der Waals surface area (Å²) in [7, 11) is 1.42. The molecular formula is C27H35ClO4. The molecule has 174 valence electrons. The van der Waals surface area contributed by atoms with E-state index in [9.17, 15) is 15.0 Å². The van der Waals surface area contributed by atoms with E-state index in [1.165, 1.54) is 7.11 Å². The van der Waals surface area contributed by atoms with E-state index in [-0.39, 0.29) is 23.2 Å². The highest BCUT2D eigenvalue weighted by Gasteiger charge is 2.41. The highest BCUT2D eigenvalue weighted by atomic mass is 35.5. The Morgan fingerprint density at radius 1 is 1.06 bits per heavy atom. The molecule has 0 spiro atoms. The minimum Gasteiger partial charge on any atom is -0.469 e. The molecule has 5 heteroatoms. The van der Waals surface area contributed by atoms with Gasteiger partial charge in [-0.05, 0) is 41.9 Å². The van der Waals surface area contributed by atoms with Crippen molar-refractivity contribution in [3.8, 4) is 0 Å². The van der Waals surface area contributed by atoms with E-state index in [0.29, 0.717) is 19.3 Å². The van der Waals surface area contributed by atoms with Crippen LogP contribution in [0.15, 0.2) is 54.6 Å². The number of esters is 1. The van der Waals surface area contributed by atoms with Crippen LogP contribution >= 0.6 is 11.6 Å². The first-order valence-electron chi connectivity index (χ1n) is 11.7. The number of alkyl halides is 1. The van der Waals surface area contributed by atoms with Crippen LogP contribution in [0.4, 0.5) is 0 Å². The summed E-state index contributed by atoms with van der Waals surface area (Å²) in [4.78, 5) is 11.2. The molecule has 0 aromatic heterocycles. The highest BCUT2D eigenvalue weighted by molar-refractivity contribution is 6.21. The van der Waals surface area contributed by atoms with E-state index in [2.05, 4.69) is 4.74 Å². The molecule has 0 radical (unpaired) electrons. The molecule has 0 saturated heterocycles. The lowest BCUT2D eigenvalue weighted by Crippen LogP contribution is -2.19. The largest absolute Gasteiger partial charge is 0.469 e. The molecule has 3 rings (SSSR count). The Bertz CT molecular complexity index is 823. The summed E-state index contributed by atoms with van der Waals surface area (Å²) in [6.45, 7) is 0. The lowest BCUT2D eigenvalue weighted by molar-refractivity contribution is -0.140. The number of hydrogen-bond acceptors (Lipinski definition) is 4. The van der Waals surface area contributed by atoms with Gasteiger partial charge in [0.15, 0.2) is 0 Å². The third-order valence-electron chi connectivity index (χ3n) is 6.68. The molecule has 0 heterocycles. The lowest BCUT2D eigenvalue weighted by atomic mass is 9.83. The van der Waals surface area contributed by atoms with E-state index in [1.54, 1.807) is 0 Å². The number of aliphatic hydroxyl groups is 2. The highest BCUT2D eigenvalue weighted by Crippen LogP contribution is 2.45. The van der Waals surface area contributed by atoms with E-state index in [4.69, 9.17) is 11.6 Å². The molecule has 0 amide bonds. The molecule has 32 heavy (non-hydrogen) atoms. The zero-order valence-corrected chi connectivity index (χ0v) is 19.6. The van der Waals surface area contributed by atoms with Gasteiger partial charge in [0.2, 0.25) is 0 Å². The first kappa shape index (κ1) is 24.8. The summed E-state index contributed by atoms with van der Waals surface area (Å²) >= 11 is 6.63. The Morgan fingerprint density at radius 2 is 1.75 bits per heavy atom. The van der Waals surface area contributed by atoms with Gasteiger partial charge in [0.1, 0.15) is 0 Å². The Morgan fingerprint density at radius 3 is 2.44 bits per heavy atom. The van der Waals surface area contributed by atoms with E-state index < -0.39 is 12.2 Å². The fraction of sp³-hybridized carbons (Fsp3) is 0.519. The second-order valence-electron chi connectivity index (χ2n) is 8.91. The maximum atomic E-state index is 11.2. The van der Waals surface area contributed by atoms with Crippen LogP contribution in [0.3, 0.4) is 0 Å². The summed E-state index contributed by atoms with van der Waals surface area (Å²) in [6.07, 6.45) is 5.55. The predicted molar refractivity (Wildman–Crippen MR) is 128 cm³/mol. The molecule has 2 aromatic carbocycles. The third kappa shape index (κ3) is 6.81. The Labute approximate surface area is 196 Å². The molecule has 2 N–H and O–H groups in total. The second kappa shape index (κ2) is 12.4. The van der Waals surface area contributed by atoms with Crippen LogP contribution < -0.4 is 0 Å². The minimum absolute atomic E-state index is 0.0212. The average Bonchev–Trinajstić information content (AvgIpc) is 3.09. The molecule has 4 nitrogen and oxygen atoms in total. The van der Waals surface area contributed by atoms with Crippen LogP contribution in [0.25, 0.3) is 0 Å². The molecule has 1 fully saturated rings. The van der Waals surface area contributed by atoms with E-state index in [0.717, 1.165) is 48.8 Å². The number of unbranched alkanes of at least 4 members (excludes halogenated alkanes) is 3. The van der Waals surface area contributed by atoms with Gasteiger partial charge < -0.3 is 14.9 Å². The fourth-order valence-electron chi connectivity index (χ4n) is 4.89. The SMILES string of the molecule is COC(=O)CCCCCCC1C(Cl)CC(O)C1c1ccc(C(O)Cc2ccccc2)cc1. The van der Waals surface area contributed by atoms with Crippen LogP contribution in [0.5, 0.6) is 0 Å². The smallest absolute Gasteiger partial charge is 0.305 e. The van der Waals surface area contributed by atoms with Gasteiger partial charge in [0, 0.05) is 24.1 Å². The number of carbonyl (C=O) groups excluding carboxylic acids is 1. The normalized spacial score (nSPS) is 23.8. The number of ether oxygens (including phenoxy) is 1. The summed E-state index contributed by atoms with van der Waals surface area (Å²) in [5, 5.41) is 21.3. The van der Waals surface area contributed by atoms with E-state index >= 15 is 0 Å². The zero-order valence-electron chi connectivity index (χ0n) is 18.8. The van der Waals surface area contributed by atoms with E-state index in [1.807, 2.05) is 54.6 Å². The molecule has 1 saturated carbocycles. The summed E-state index contributed by atoms with van der Waals surface area (Å²) < 4.78 is 4.68. The third-order valence-corrected chi connectivity index (χ3v) is 7.18. The Balaban J connectivity index is 1.55. The van der Waals surface area contributed by atoms with Gasteiger partial charge in [-0.15, -0.1) is 11.6 Å². The first-order valence-corrected chi connectivity index (χ1v) is 12.1. The van der Waals surface area contributed by atoms with Crippen molar-refractivity contribution in [3.05, 3.63) is 71.3 Å². The van der Waals surface area contributed by atoms with Crippen molar-refractivity contribution in [2.75, 3.05) is 7.11 Å². The van der Waals surface area contributed by atoms with Crippen molar-refractivity contribution < 1.29 is 19.7 Å². The second-order valence-corrected chi connectivity index (χ2v) is 9.47. The number of aliphatic hydroxyl groups excluding tert-OH is 2. The summed E-state index contributed by atoms with van der Waals surface area (Å²) in [6, 6.07) is 18.0. The maximum absolute atomic E-state index is 11.2.